The summed E-state index contributed by atoms with van der Waals surface area (Å²) in [7, 11) is 0. The molecule has 0 saturated carbocycles. The molecule has 3 rings (SSSR count). The van der Waals surface area contributed by atoms with Crippen LogP contribution in [0.5, 0.6) is 0 Å². The van der Waals surface area contributed by atoms with Gasteiger partial charge in [-0.1, -0.05) is 5.16 Å². The van der Waals surface area contributed by atoms with Crippen molar-refractivity contribution in [3.05, 3.63) is 35.2 Å². The van der Waals surface area contributed by atoms with Gasteiger partial charge in [0.25, 0.3) is 5.89 Å². The molecule has 0 atom stereocenters. The Morgan fingerprint density at radius 2 is 2.05 bits per heavy atom. The van der Waals surface area contributed by atoms with Gasteiger partial charge in [-0.3, -0.25) is 4.98 Å². The maximum absolute atomic E-state index is 5.58. The third kappa shape index (κ3) is 2.25. The van der Waals surface area contributed by atoms with E-state index in [-0.39, 0.29) is 0 Å². The van der Waals surface area contributed by atoms with Gasteiger partial charge in [0.15, 0.2) is 0 Å². The molecule has 7 heteroatoms. The third-order valence-electron chi connectivity index (χ3n) is 2.57. The molecule has 0 fully saturated rings. The summed E-state index contributed by atoms with van der Waals surface area (Å²) < 4.78 is 5.29. The van der Waals surface area contributed by atoms with Crippen molar-refractivity contribution >= 4 is 11.3 Å². The Balaban J connectivity index is 1.99. The van der Waals surface area contributed by atoms with E-state index in [1.807, 2.05) is 19.1 Å². The molecule has 19 heavy (non-hydrogen) atoms. The highest BCUT2D eigenvalue weighted by atomic mass is 32.1. The van der Waals surface area contributed by atoms with Crippen molar-refractivity contribution in [2.24, 2.45) is 5.73 Å². The standard InChI is InChI=1S/C12H11N5OS/c1-7-10(19-9(6-13)15-7)12-16-11(17-18-12)8-2-4-14-5-3-8/h2-5H,6,13H2,1H3. The van der Waals surface area contributed by atoms with Gasteiger partial charge in [-0.2, -0.15) is 4.98 Å². The SMILES string of the molecule is Cc1nc(CN)sc1-c1nc(-c2ccncc2)no1. The molecular weight excluding hydrogens is 262 g/mol. The quantitative estimate of drug-likeness (QED) is 0.785. The highest BCUT2D eigenvalue weighted by Crippen LogP contribution is 2.29. The van der Waals surface area contributed by atoms with Crippen molar-refractivity contribution in [2.75, 3.05) is 0 Å². The van der Waals surface area contributed by atoms with Gasteiger partial charge in [0.2, 0.25) is 5.82 Å². The van der Waals surface area contributed by atoms with Crippen molar-refractivity contribution in [3.63, 3.8) is 0 Å². The van der Waals surface area contributed by atoms with Gasteiger partial charge in [-0.15, -0.1) is 11.3 Å². The smallest absolute Gasteiger partial charge is 0.270 e. The zero-order valence-corrected chi connectivity index (χ0v) is 11.0. The predicted molar refractivity (Wildman–Crippen MR) is 71.3 cm³/mol. The van der Waals surface area contributed by atoms with Crippen molar-refractivity contribution in [2.45, 2.75) is 13.5 Å². The molecule has 0 aliphatic rings. The average molecular weight is 273 g/mol. The number of aromatic nitrogens is 4. The second-order valence-electron chi connectivity index (χ2n) is 3.89. The molecule has 0 bridgehead atoms. The minimum Gasteiger partial charge on any atom is -0.333 e. The van der Waals surface area contributed by atoms with Crippen molar-refractivity contribution in [3.8, 4) is 22.2 Å². The summed E-state index contributed by atoms with van der Waals surface area (Å²) in [6, 6.07) is 3.67. The molecule has 3 heterocycles. The molecule has 96 valence electrons. The van der Waals surface area contributed by atoms with Crippen LogP contribution in [0.2, 0.25) is 0 Å². The Morgan fingerprint density at radius 1 is 1.26 bits per heavy atom. The fourth-order valence-electron chi connectivity index (χ4n) is 1.67. The number of rotatable bonds is 3. The van der Waals surface area contributed by atoms with E-state index in [9.17, 15) is 0 Å². The van der Waals surface area contributed by atoms with Gasteiger partial charge in [-0.25, -0.2) is 4.98 Å². The average Bonchev–Trinajstić information content (AvgIpc) is 3.06. The van der Waals surface area contributed by atoms with E-state index in [1.165, 1.54) is 11.3 Å². The summed E-state index contributed by atoms with van der Waals surface area (Å²) in [6.07, 6.45) is 3.38. The van der Waals surface area contributed by atoms with E-state index < -0.39 is 0 Å². The molecule has 0 aliphatic carbocycles. The second-order valence-corrected chi connectivity index (χ2v) is 4.97. The van der Waals surface area contributed by atoms with Gasteiger partial charge in [-0.05, 0) is 19.1 Å². The van der Waals surface area contributed by atoms with Gasteiger partial charge in [0, 0.05) is 24.5 Å². The first-order chi connectivity index (χ1) is 9.28. The molecule has 0 spiro atoms. The highest BCUT2D eigenvalue weighted by Gasteiger charge is 2.16. The van der Waals surface area contributed by atoms with Crippen LogP contribution in [0, 0.1) is 6.92 Å². The minimum absolute atomic E-state index is 0.414. The Bertz CT molecular complexity index is 691. The van der Waals surface area contributed by atoms with Crippen molar-refractivity contribution < 1.29 is 4.52 Å². The largest absolute Gasteiger partial charge is 0.333 e. The van der Waals surface area contributed by atoms with E-state index in [2.05, 4.69) is 20.1 Å². The summed E-state index contributed by atoms with van der Waals surface area (Å²) in [4.78, 5) is 13.6. The fourth-order valence-corrected chi connectivity index (χ4v) is 2.54. The number of nitrogens with two attached hydrogens (primary N) is 1. The number of hydrogen-bond acceptors (Lipinski definition) is 7. The van der Waals surface area contributed by atoms with E-state index in [1.54, 1.807) is 12.4 Å². The van der Waals surface area contributed by atoms with E-state index in [0.717, 1.165) is 21.1 Å². The molecular formula is C12H11N5OS. The van der Waals surface area contributed by atoms with Crippen LogP contribution in [-0.4, -0.2) is 20.1 Å². The van der Waals surface area contributed by atoms with Crippen LogP contribution in [0.4, 0.5) is 0 Å². The van der Waals surface area contributed by atoms with Crippen LogP contribution >= 0.6 is 11.3 Å². The number of nitrogens with zero attached hydrogens (tertiary/aromatic N) is 4. The first kappa shape index (κ1) is 11.9. The summed E-state index contributed by atoms with van der Waals surface area (Å²) >= 11 is 1.48. The lowest BCUT2D eigenvalue weighted by molar-refractivity contribution is 0.433. The lowest BCUT2D eigenvalue weighted by Gasteiger charge is -1.90. The number of thiazole rings is 1. The second kappa shape index (κ2) is 4.87. The highest BCUT2D eigenvalue weighted by molar-refractivity contribution is 7.15. The molecule has 3 aromatic rings. The van der Waals surface area contributed by atoms with Crippen LogP contribution in [-0.2, 0) is 6.54 Å². The Hall–Kier alpha value is -2.12. The Labute approximate surface area is 113 Å². The number of pyridine rings is 1. The van der Waals surface area contributed by atoms with Crippen molar-refractivity contribution in [1.82, 2.24) is 20.1 Å². The maximum atomic E-state index is 5.58. The molecule has 0 amide bonds. The van der Waals surface area contributed by atoms with E-state index >= 15 is 0 Å². The van der Waals surface area contributed by atoms with Gasteiger partial charge < -0.3 is 10.3 Å². The summed E-state index contributed by atoms with van der Waals surface area (Å²) in [5, 5.41) is 4.83. The van der Waals surface area contributed by atoms with Crippen molar-refractivity contribution in [1.29, 1.82) is 0 Å². The lowest BCUT2D eigenvalue weighted by Crippen LogP contribution is -1.94. The summed E-state index contributed by atoms with van der Waals surface area (Å²) in [5.74, 6) is 1.01. The zero-order chi connectivity index (χ0) is 13.2. The summed E-state index contributed by atoms with van der Waals surface area (Å²) in [5.41, 5.74) is 7.30. The minimum atomic E-state index is 0.414. The van der Waals surface area contributed by atoms with Crippen LogP contribution in [0.25, 0.3) is 22.2 Å². The summed E-state index contributed by atoms with van der Waals surface area (Å²) in [6.45, 7) is 2.32. The van der Waals surface area contributed by atoms with Gasteiger partial charge >= 0.3 is 0 Å². The van der Waals surface area contributed by atoms with Crippen LogP contribution < -0.4 is 5.73 Å². The third-order valence-corrected chi connectivity index (χ3v) is 3.74. The lowest BCUT2D eigenvalue weighted by atomic mass is 10.2. The Kier molecular flexibility index (Phi) is 3.06. The molecule has 0 aliphatic heterocycles. The molecule has 6 nitrogen and oxygen atoms in total. The normalized spacial score (nSPS) is 10.8. The molecule has 2 N–H and O–H groups in total. The van der Waals surface area contributed by atoms with Gasteiger partial charge in [0.05, 0.1) is 5.69 Å². The number of aryl methyl sites for hydroxylation is 1. The zero-order valence-electron chi connectivity index (χ0n) is 10.2. The maximum Gasteiger partial charge on any atom is 0.270 e. The topological polar surface area (TPSA) is 90.7 Å². The van der Waals surface area contributed by atoms with E-state index in [4.69, 9.17) is 10.3 Å². The van der Waals surface area contributed by atoms with Crippen LogP contribution in [0.3, 0.4) is 0 Å². The first-order valence-electron chi connectivity index (χ1n) is 5.69. The van der Waals surface area contributed by atoms with Gasteiger partial charge in [0.1, 0.15) is 9.88 Å². The fraction of sp³-hybridized carbons (Fsp3) is 0.167. The molecule has 0 aromatic carbocycles. The molecule has 3 aromatic heterocycles. The Morgan fingerprint density at radius 3 is 2.74 bits per heavy atom. The van der Waals surface area contributed by atoms with Crippen LogP contribution in [0.1, 0.15) is 10.7 Å². The monoisotopic (exact) mass is 273 g/mol. The van der Waals surface area contributed by atoms with E-state index in [0.29, 0.717) is 18.3 Å². The molecule has 0 unspecified atom stereocenters. The molecule has 0 radical (unpaired) electrons. The number of hydrogen-bond donors (Lipinski definition) is 1. The van der Waals surface area contributed by atoms with Crippen LogP contribution in [0.15, 0.2) is 29.0 Å². The first-order valence-corrected chi connectivity index (χ1v) is 6.50. The molecule has 0 saturated heterocycles. The predicted octanol–water partition coefficient (Wildman–Crippen LogP) is 2.02.